The standard InChI is InChI=1S/C15H31N3O2/c1-5-10-18-11-7-15(8-12-18,14(19)20-6-2)16-9-13-17(3)4/h16H,5-13H2,1-4H3. The molecule has 0 atom stereocenters. The Kier molecular flexibility index (Phi) is 7.48. The van der Waals surface area contributed by atoms with E-state index in [1.165, 1.54) is 6.42 Å². The van der Waals surface area contributed by atoms with Crippen molar-refractivity contribution in [2.24, 2.45) is 0 Å². The fourth-order valence-electron chi connectivity index (χ4n) is 2.72. The van der Waals surface area contributed by atoms with Gasteiger partial charge < -0.3 is 19.9 Å². The number of carbonyl (C=O) groups is 1. The Morgan fingerprint density at radius 1 is 1.30 bits per heavy atom. The van der Waals surface area contributed by atoms with Crippen LogP contribution < -0.4 is 5.32 Å². The van der Waals surface area contributed by atoms with Crippen molar-refractivity contribution < 1.29 is 9.53 Å². The van der Waals surface area contributed by atoms with Crippen LogP contribution in [-0.2, 0) is 9.53 Å². The van der Waals surface area contributed by atoms with Gasteiger partial charge in [-0.3, -0.25) is 4.79 Å². The number of esters is 1. The number of nitrogens with one attached hydrogen (secondary N) is 1. The second-order valence-electron chi connectivity index (χ2n) is 5.87. The molecule has 0 saturated carbocycles. The summed E-state index contributed by atoms with van der Waals surface area (Å²) in [5, 5.41) is 3.47. The third-order valence-corrected chi connectivity index (χ3v) is 3.94. The number of piperidine rings is 1. The molecule has 0 unspecified atom stereocenters. The van der Waals surface area contributed by atoms with E-state index in [1.54, 1.807) is 0 Å². The topological polar surface area (TPSA) is 44.8 Å². The van der Waals surface area contributed by atoms with Gasteiger partial charge in [0, 0.05) is 26.2 Å². The Morgan fingerprint density at radius 3 is 2.45 bits per heavy atom. The molecule has 20 heavy (non-hydrogen) atoms. The third kappa shape index (κ3) is 5.04. The van der Waals surface area contributed by atoms with E-state index < -0.39 is 5.54 Å². The minimum atomic E-state index is -0.476. The molecule has 1 aliphatic heterocycles. The molecule has 1 N–H and O–H groups in total. The van der Waals surface area contributed by atoms with Crippen molar-refractivity contribution in [3.63, 3.8) is 0 Å². The summed E-state index contributed by atoms with van der Waals surface area (Å²) in [7, 11) is 4.09. The van der Waals surface area contributed by atoms with Crippen molar-refractivity contribution in [2.75, 3.05) is 53.4 Å². The van der Waals surface area contributed by atoms with Gasteiger partial charge in [0.15, 0.2) is 0 Å². The van der Waals surface area contributed by atoms with Crippen LogP contribution in [0.3, 0.4) is 0 Å². The molecule has 1 rings (SSSR count). The van der Waals surface area contributed by atoms with Crippen LogP contribution in [0.15, 0.2) is 0 Å². The van der Waals surface area contributed by atoms with Crippen LogP contribution in [0.5, 0.6) is 0 Å². The average molecular weight is 285 g/mol. The summed E-state index contributed by atoms with van der Waals surface area (Å²) in [6.07, 6.45) is 2.86. The number of nitrogens with zero attached hydrogens (tertiary/aromatic N) is 2. The quantitative estimate of drug-likeness (QED) is 0.673. The lowest BCUT2D eigenvalue weighted by atomic mass is 9.87. The van der Waals surface area contributed by atoms with Gasteiger partial charge in [-0.05, 0) is 46.8 Å². The van der Waals surface area contributed by atoms with Crippen LogP contribution in [0.25, 0.3) is 0 Å². The summed E-state index contributed by atoms with van der Waals surface area (Å²) in [5.74, 6) is -0.0742. The summed E-state index contributed by atoms with van der Waals surface area (Å²) in [5.41, 5.74) is -0.476. The zero-order valence-corrected chi connectivity index (χ0v) is 13.6. The summed E-state index contributed by atoms with van der Waals surface area (Å²) >= 11 is 0. The maximum absolute atomic E-state index is 12.3. The van der Waals surface area contributed by atoms with Gasteiger partial charge in [0.1, 0.15) is 5.54 Å². The predicted octanol–water partition coefficient (Wildman–Crippen LogP) is 0.945. The lowest BCUT2D eigenvalue weighted by molar-refractivity contribution is -0.153. The zero-order chi connectivity index (χ0) is 15.0. The number of hydrogen-bond donors (Lipinski definition) is 1. The van der Waals surface area contributed by atoms with E-state index in [-0.39, 0.29) is 5.97 Å². The van der Waals surface area contributed by atoms with Crippen LogP contribution in [0, 0.1) is 0 Å². The number of ether oxygens (including phenoxy) is 1. The van der Waals surface area contributed by atoms with Gasteiger partial charge in [0.2, 0.25) is 0 Å². The minimum absolute atomic E-state index is 0.0742. The van der Waals surface area contributed by atoms with Crippen LogP contribution in [0.4, 0.5) is 0 Å². The highest BCUT2D eigenvalue weighted by Gasteiger charge is 2.41. The Hall–Kier alpha value is -0.650. The van der Waals surface area contributed by atoms with Crippen LogP contribution in [-0.4, -0.2) is 74.7 Å². The monoisotopic (exact) mass is 285 g/mol. The smallest absolute Gasteiger partial charge is 0.326 e. The number of likely N-dealkylation sites (tertiary alicyclic amines) is 1. The first-order valence-electron chi connectivity index (χ1n) is 7.83. The molecule has 1 saturated heterocycles. The fourth-order valence-corrected chi connectivity index (χ4v) is 2.72. The second kappa shape index (κ2) is 8.60. The van der Waals surface area contributed by atoms with E-state index in [9.17, 15) is 4.79 Å². The molecule has 0 aromatic heterocycles. The molecule has 0 amide bonds. The van der Waals surface area contributed by atoms with Crippen LogP contribution in [0.2, 0.25) is 0 Å². The molecule has 0 radical (unpaired) electrons. The van der Waals surface area contributed by atoms with Crippen LogP contribution in [0.1, 0.15) is 33.1 Å². The Morgan fingerprint density at radius 2 is 1.95 bits per heavy atom. The number of rotatable bonds is 8. The maximum atomic E-state index is 12.3. The molecule has 1 fully saturated rings. The molecule has 118 valence electrons. The fraction of sp³-hybridized carbons (Fsp3) is 0.933. The first kappa shape index (κ1) is 17.4. The number of likely N-dealkylation sites (N-methyl/N-ethyl adjacent to an activating group) is 1. The molecule has 1 aliphatic rings. The van der Waals surface area contributed by atoms with Crippen LogP contribution >= 0.6 is 0 Å². The predicted molar refractivity (Wildman–Crippen MR) is 81.9 cm³/mol. The number of carbonyl (C=O) groups excluding carboxylic acids is 1. The SMILES string of the molecule is CCCN1CCC(NCCN(C)C)(C(=O)OCC)CC1. The zero-order valence-electron chi connectivity index (χ0n) is 13.6. The molecule has 5 heteroatoms. The van der Waals surface area contributed by atoms with Gasteiger partial charge >= 0.3 is 5.97 Å². The molecule has 0 spiro atoms. The average Bonchev–Trinajstić information content (AvgIpc) is 2.41. The van der Waals surface area contributed by atoms with E-state index >= 15 is 0 Å². The Balaban J connectivity index is 2.59. The van der Waals surface area contributed by atoms with E-state index in [4.69, 9.17) is 4.74 Å². The van der Waals surface area contributed by atoms with E-state index in [1.807, 2.05) is 21.0 Å². The molecular formula is C15H31N3O2. The van der Waals surface area contributed by atoms with E-state index in [0.29, 0.717) is 6.61 Å². The third-order valence-electron chi connectivity index (χ3n) is 3.94. The van der Waals surface area contributed by atoms with Gasteiger partial charge in [0.25, 0.3) is 0 Å². The molecule has 0 aromatic rings. The Bertz CT molecular complexity index is 287. The first-order chi connectivity index (χ1) is 9.54. The lowest BCUT2D eigenvalue weighted by Gasteiger charge is -2.40. The summed E-state index contributed by atoms with van der Waals surface area (Å²) in [6.45, 7) is 9.34. The minimum Gasteiger partial charge on any atom is -0.465 e. The molecular weight excluding hydrogens is 254 g/mol. The Labute approximate surface area is 123 Å². The van der Waals surface area contributed by atoms with Crippen molar-refractivity contribution in [3.8, 4) is 0 Å². The first-order valence-corrected chi connectivity index (χ1v) is 7.83. The van der Waals surface area contributed by atoms with Gasteiger partial charge in [-0.2, -0.15) is 0 Å². The van der Waals surface area contributed by atoms with Gasteiger partial charge in [-0.1, -0.05) is 6.92 Å². The summed E-state index contributed by atoms with van der Waals surface area (Å²) in [4.78, 5) is 16.9. The molecule has 0 bridgehead atoms. The highest BCUT2D eigenvalue weighted by Crippen LogP contribution is 2.24. The van der Waals surface area contributed by atoms with Crippen molar-refractivity contribution in [3.05, 3.63) is 0 Å². The van der Waals surface area contributed by atoms with E-state index in [0.717, 1.165) is 45.6 Å². The van der Waals surface area contributed by atoms with Gasteiger partial charge in [-0.25, -0.2) is 0 Å². The highest BCUT2D eigenvalue weighted by molar-refractivity contribution is 5.81. The molecule has 1 heterocycles. The highest BCUT2D eigenvalue weighted by atomic mass is 16.5. The van der Waals surface area contributed by atoms with Crippen molar-refractivity contribution in [1.29, 1.82) is 0 Å². The molecule has 0 aliphatic carbocycles. The van der Waals surface area contributed by atoms with Gasteiger partial charge in [0.05, 0.1) is 6.61 Å². The van der Waals surface area contributed by atoms with Crippen molar-refractivity contribution in [2.45, 2.75) is 38.6 Å². The lowest BCUT2D eigenvalue weighted by Crippen LogP contribution is -2.60. The maximum Gasteiger partial charge on any atom is 0.326 e. The van der Waals surface area contributed by atoms with Crippen molar-refractivity contribution in [1.82, 2.24) is 15.1 Å². The normalized spacial score (nSPS) is 19.2. The largest absolute Gasteiger partial charge is 0.465 e. The summed E-state index contributed by atoms with van der Waals surface area (Å²) < 4.78 is 5.30. The van der Waals surface area contributed by atoms with Crippen molar-refractivity contribution >= 4 is 5.97 Å². The second-order valence-corrected chi connectivity index (χ2v) is 5.87. The number of hydrogen-bond acceptors (Lipinski definition) is 5. The summed E-state index contributed by atoms with van der Waals surface area (Å²) in [6, 6.07) is 0. The van der Waals surface area contributed by atoms with Gasteiger partial charge in [-0.15, -0.1) is 0 Å². The molecule has 0 aromatic carbocycles. The van der Waals surface area contributed by atoms with E-state index in [2.05, 4.69) is 22.0 Å². The molecule has 5 nitrogen and oxygen atoms in total.